The van der Waals surface area contributed by atoms with Crippen molar-refractivity contribution in [2.24, 2.45) is 5.92 Å². The van der Waals surface area contributed by atoms with Gasteiger partial charge in [-0.05, 0) is 6.92 Å². The molecular formula is C9H10O8. The van der Waals surface area contributed by atoms with Gasteiger partial charge in [0.05, 0.1) is 17.9 Å². The number of hydrogen-bond acceptors (Lipinski definition) is 4. The largest absolute Gasteiger partial charge is 0.481 e. The molecule has 0 spiro atoms. The third-order valence-electron chi connectivity index (χ3n) is 1.98. The second kappa shape index (κ2) is 5.64. The molecular weight excluding hydrogens is 236 g/mol. The Kier molecular flexibility index (Phi) is 4.85. The number of hydrogen-bond donors (Lipinski definition) is 4. The van der Waals surface area contributed by atoms with Crippen LogP contribution in [0.25, 0.3) is 0 Å². The number of carboxylic acids is 4. The van der Waals surface area contributed by atoms with Gasteiger partial charge in [0.1, 0.15) is 0 Å². The van der Waals surface area contributed by atoms with Crippen molar-refractivity contribution in [1.82, 2.24) is 0 Å². The fourth-order valence-electron chi connectivity index (χ4n) is 1.17. The maximum absolute atomic E-state index is 10.8. The molecule has 94 valence electrons. The van der Waals surface area contributed by atoms with Crippen LogP contribution in [0.1, 0.15) is 13.3 Å². The van der Waals surface area contributed by atoms with Gasteiger partial charge in [0.25, 0.3) is 0 Å². The summed E-state index contributed by atoms with van der Waals surface area (Å²) in [7, 11) is 0. The highest BCUT2D eigenvalue weighted by atomic mass is 16.4. The molecule has 0 aliphatic carbocycles. The Bertz CT molecular complexity index is 405. The van der Waals surface area contributed by atoms with Crippen LogP contribution in [0, 0.1) is 5.92 Å². The van der Waals surface area contributed by atoms with Gasteiger partial charge < -0.3 is 20.4 Å². The molecule has 8 nitrogen and oxygen atoms in total. The minimum atomic E-state index is -1.90. The third kappa shape index (κ3) is 3.93. The van der Waals surface area contributed by atoms with Crippen LogP contribution in [-0.2, 0) is 19.2 Å². The number of carbonyl (C=O) groups is 4. The van der Waals surface area contributed by atoms with Crippen LogP contribution in [0.2, 0.25) is 0 Å². The van der Waals surface area contributed by atoms with Gasteiger partial charge in [-0.2, -0.15) is 0 Å². The number of aliphatic carboxylic acids is 4. The molecule has 0 radical (unpaired) electrons. The summed E-state index contributed by atoms with van der Waals surface area (Å²) in [4.78, 5) is 42.6. The van der Waals surface area contributed by atoms with Gasteiger partial charge in [-0.25, -0.2) is 9.59 Å². The summed E-state index contributed by atoms with van der Waals surface area (Å²) in [5.74, 6) is -8.52. The topological polar surface area (TPSA) is 149 Å². The molecule has 8 heteroatoms. The first-order valence-corrected chi connectivity index (χ1v) is 4.30. The zero-order chi connectivity index (χ0) is 13.7. The first-order valence-electron chi connectivity index (χ1n) is 4.30. The average molecular weight is 246 g/mol. The molecule has 0 amide bonds. The molecule has 0 bridgehead atoms. The average Bonchev–Trinajstić information content (AvgIpc) is 2.14. The highest BCUT2D eigenvalue weighted by Gasteiger charge is 2.33. The van der Waals surface area contributed by atoms with E-state index in [1.54, 1.807) is 0 Å². The Hall–Kier alpha value is -2.38. The first kappa shape index (κ1) is 14.6. The molecule has 1 unspecified atom stereocenters. The molecule has 0 heterocycles. The number of carboxylic acid groups (broad SMARTS) is 4. The van der Waals surface area contributed by atoms with Crippen LogP contribution in [0.15, 0.2) is 11.1 Å². The van der Waals surface area contributed by atoms with Crippen LogP contribution < -0.4 is 0 Å². The quantitative estimate of drug-likeness (QED) is 0.464. The van der Waals surface area contributed by atoms with E-state index in [2.05, 4.69) is 0 Å². The van der Waals surface area contributed by atoms with E-state index in [0.29, 0.717) is 0 Å². The van der Waals surface area contributed by atoms with Crippen LogP contribution in [0.3, 0.4) is 0 Å². The second-order valence-corrected chi connectivity index (χ2v) is 3.14. The highest BCUT2D eigenvalue weighted by Crippen LogP contribution is 2.20. The molecule has 17 heavy (non-hydrogen) atoms. The van der Waals surface area contributed by atoms with Crippen LogP contribution in [0.5, 0.6) is 0 Å². The minimum Gasteiger partial charge on any atom is -0.481 e. The molecule has 0 aromatic heterocycles. The van der Waals surface area contributed by atoms with Crippen molar-refractivity contribution in [1.29, 1.82) is 0 Å². The van der Waals surface area contributed by atoms with Crippen molar-refractivity contribution in [3.8, 4) is 0 Å². The summed E-state index contributed by atoms with van der Waals surface area (Å²) >= 11 is 0. The van der Waals surface area contributed by atoms with E-state index in [-0.39, 0.29) is 0 Å². The summed E-state index contributed by atoms with van der Waals surface area (Å²) in [5.41, 5.74) is -1.64. The molecule has 0 aromatic rings. The number of rotatable bonds is 6. The van der Waals surface area contributed by atoms with Crippen molar-refractivity contribution in [3.05, 3.63) is 11.1 Å². The summed E-state index contributed by atoms with van der Waals surface area (Å²) in [6.45, 7) is 0.906. The third-order valence-corrected chi connectivity index (χ3v) is 1.98. The normalized spacial score (nSPS) is 13.5. The standard InChI is InChI=1S/C9H10O8/c1-3(7(12)13)6(9(16)17)4(8(14)15)2-5(10)11/h4H,2H2,1H3,(H,10,11)(H,12,13)(H,14,15)(H,16,17). The van der Waals surface area contributed by atoms with Gasteiger partial charge in [0.2, 0.25) is 0 Å². The van der Waals surface area contributed by atoms with E-state index < -0.39 is 47.4 Å². The lowest BCUT2D eigenvalue weighted by atomic mass is 9.92. The Balaban J connectivity index is 5.64. The Labute approximate surface area is 94.8 Å². The predicted molar refractivity (Wildman–Crippen MR) is 51.4 cm³/mol. The lowest BCUT2D eigenvalue weighted by molar-refractivity contribution is -0.148. The predicted octanol–water partition coefficient (Wildman–Crippen LogP) is -0.352. The Morgan fingerprint density at radius 3 is 1.65 bits per heavy atom. The first-order chi connectivity index (χ1) is 7.68. The SMILES string of the molecule is CC(C(=O)O)=C(C(=O)O)C(CC(=O)O)C(=O)O. The lowest BCUT2D eigenvalue weighted by Crippen LogP contribution is -2.26. The Morgan fingerprint density at radius 1 is 0.941 bits per heavy atom. The monoisotopic (exact) mass is 246 g/mol. The summed E-state index contributed by atoms with van der Waals surface area (Å²) in [6, 6.07) is 0. The molecule has 0 aromatic carbocycles. The van der Waals surface area contributed by atoms with E-state index in [0.717, 1.165) is 6.92 Å². The molecule has 0 aliphatic rings. The van der Waals surface area contributed by atoms with Gasteiger partial charge in [0, 0.05) is 5.57 Å². The minimum absolute atomic E-state index is 0.703. The van der Waals surface area contributed by atoms with E-state index in [1.165, 1.54) is 0 Å². The maximum Gasteiger partial charge on any atom is 0.333 e. The van der Waals surface area contributed by atoms with E-state index in [1.807, 2.05) is 0 Å². The summed E-state index contributed by atoms with van der Waals surface area (Å²) in [5, 5.41) is 34.5. The van der Waals surface area contributed by atoms with Gasteiger partial charge in [-0.3, -0.25) is 9.59 Å². The van der Waals surface area contributed by atoms with Crippen LogP contribution in [0.4, 0.5) is 0 Å². The van der Waals surface area contributed by atoms with E-state index >= 15 is 0 Å². The summed E-state index contributed by atoms with van der Waals surface area (Å²) < 4.78 is 0. The molecule has 0 fully saturated rings. The van der Waals surface area contributed by atoms with Crippen LogP contribution in [-0.4, -0.2) is 44.3 Å². The zero-order valence-electron chi connectivity index (χ0n) is 8.71. The van der Waals surface area contributed by atoms with Crippen molar-refractivity contribution >= 4 is 23.9 Å². The highest BCUT2D eigenvalue weighted by molar-refractivity contribution is 6.03. The second-order valence-electron chi connectivity index (χ2n) is 3.14. The molecule has 0 rings (SSSR count). The lowest BCUT2D eigenvalue weighted by Gasteiger charge is -2.12. The Morgan fingerprint density at radius 2 is 1.41 bits per heavy atom. The van der Waals surface area contributed by atoms with Gasteiger partial charge in [0.15, 0.2) is 0 Å². The van der Waals surface area contributed by atoms with Crippen LogP contribution >= 0.6 is 0 Å². The van der Waals surface area contributed by atoms with Crippen molar-refractivity contribution in [2.75, 3.05) is 0 Å². The molecule has 0 saturated heterocycles. The fourth-order valence-corrected chi connectivity index (χ4v) is 1.17. The zero-order valence-corrected chi connectivity index (χ0v) is 8.71. The van der Waals surface area contributed by atoms with Crippen molar-refractivity contribution in [2.45, 2.75) is 13.3 Å². The van der Waals surface area contributed by atoms with Gasteiger partial charge in [-0.1, -0.05) is 0 Å². The van der Waals surface area contributed by atoms with Crippen molar-refractivity contribution in [3.63, 3.8) is 0 Å². The van der Waals surface area contributed by atoms with Gasteiger partial charge >= 0.3 is 23.9 Å². The fraction of sp³-hybridized carbons (Fsp3) is 0.333. The molecule has 0 saturated carbocycles. The summed E-state index contributed by atoms with van der Waals surface area (Å²) in [6.07, 6.45) is -0.998. The molecule has 4 N–H and O–H groups in total. The van der Waals surface area contributed by atoms with E-state index in [9.17, 15) is 19.2 Å². The van der Waals surface area contributed by atoms with E-state index in [4.69, 9.17) is 20.4 Å². The van der Waals surface area contributed by atoms with Gasteiger partial charge in [-0.15, -0.1) is 0 Å². The van der Waals surface area contributed by atoms with Crippen molar-refractivity contribution < 1.29 is 39.6 Å². The molecule has 0 aliphatic heterocycles. The smallest absolute Gasteiger partial charge is 0.333 e. The molecule has 1 atom stereocenters. The maximum atomic E-state index is 10.8.